The maximum absolute atomic E-state index is 12.2. The molecule has 0 aromatic heterocycles. The largest absolute Gasteiger partial charge is 0.494 e. The highest BCUT2D eigenvalue weighted by molar-refractivity contribution is 7.89. The van der Waals surface area contributed by atoms with Crippen molar-refractivity contribution in [3.63, 3.8) is 0 Å². The molecule has 30 heavy (non-hydrogen) atoms. The highest BCUT2D eigenvalue weighted by Crippen LogP contribution is 2.15. The molecule has 2 rings (SSSR count). The molecule has 162 valence electrons. The SMILES string of the molecule is CCOc1ccc(S(=O)(=O)NCCC(=O)NNC(=O)CNc2ccc(C)cc2)cc1. The van der Waals surface area contributed by atoms with E-state index in [1.807, 2.05) is 38.1 Å². The Morgan fingerprint density at radius 1 is 0.933 bits per heavy atom. The van der Waals surface area contributed by atoms with Gasteiger partial charge in [-0.2, -0.15) is 0 Å². The maximum Gasteiger partial charge on any atom is 0.257 e. The summed E-state index contributed by atoms with van der Waals surface area (Å²) in [6.45, 7) is 4.15. The summed E-state index contributed by atoms with van der Waals surface area (Å²) in [7, 11) is -3.74. The van der Waals surface area contributed by atoms with E-state index in [1.54, 1.807) is 12.1 Å². The number of hydrogen-bond acceptors (Lipinski definition) is 6. The van der Waals surface area contributed by atoms with Gasteiger partial charge in [0.05, 0.1) is 18.0 Å². The van der Waals surface area contributed by atoms with Crippen molar-refractivity contribution in [1.82, 2.24) is 15.6 Å². The highest BCUT2D eigenvalue weighted by Gasteiger charge is 2.14. The number of nitrogens with one attached hydrogen (secondary N) is 4. The Hall–Kier alpha value is -3.11. The number of hydrogen-bond donors (Lipinski definition) is 4. The van der Waals surface area contributed by atoms with Crippen molar-refractivity contribution in [2.45, 2.75) is 25.2 Å². The number of amides is 2. The monoisotopic (exact) mass is 434 g/mol. The molecular formula is C20H26N4O5S. The molecule has 9 nitrogen and oxygen atoms in total. The number of carbonyl (C=O) groups excluding carboxylic acids is 2. The van der Waals surface area contributed by atoms with Crippen LogP contribution >= 0.6 is 0 Å². The van der Waals surface area contributed by atoms with Crippen LogP contribution in [0.5, 0.6) is 5.75 Å². The first-order valence-corrected chi connectivity index (χ1v) is 10.9. The average Bonchev–Trinajstić information content (AvgIpc) is 2.72. The molecule has 2 amide bonds. The first-order valence-electron chi connectivity index (χ1n) is 9.41. The minimum absolute atomic E-state index is 0.0201. The molecule has 0 unspecified atom stereocenters. The number of sulfonamides is 1. The molecule has 0 atom stereocenters. The third-order valence-corrected chi connectivity index (χ3v) is 5.41. The predicted octanol–water partition coefficient (Wildman–Crippen LogP) is 1.32. The van der Waals surface area contributed by atoms with Crippen molar-refractivity contribution < 1.29 is 22.7 Å². The summed E-state index contributed by atoms with van der Waals surface area (Å²) >= 11 is 0. The van der Waals surface area contributed by atoms with E-state index in [0.717, 1.165) is 11.3 Å². The van der Waals surface area contributed by atoms with Crippen LogP contribution < -0.4 is 25.6 Å². The third-order valence-electron chi connectivity index (χ3n) is 3.94. The van der Waals surface area contributed by atoms with Gasteiger partial charge < -0.3 is 10.1 Å². The van der Waals surface area contributed by atoms with Crippen LogP contribution in [-0.4, -0.2) is 39.9 Å². The van der Waals surface area contributed by atoms with Gasteiger partial charge in [0.15, 0.2) is 0 Å². The molecule has 0 spiro atoms. The summed E-state index contributed by atoms with van der Waals surface area (Å²) in [4.78, 5) is 23.6. The van der Waals surface area contributed by atoms with Gasteiger partial charge >= 0.3 is 0 Å². The molecule has 10 heteroatoms. The molecule has 0 aliphatic rings. The van der Waals surface area contributed by atoms with Crippen molar-refractivity contribution >= 4 is 27.5 Å². The van der Waals surface area contributed by atoms with Gasteiger partial charge in [0.25, 0.3) is 5.91 Å². The molecule has 2 aromatic rings. The van der Waals surface area contributed by atoms with Gasteiger partial charge in [-0.25, -0.2) is 13.1 Å². The number of carbonyl (C=O) groups is 2. The molecule has 0 aliphatic heterocycles. The van der Waals surface area contributed by atoms with Gasteiger partial charge in [-0.1, -0.05) is 17.7 Å². The van der Waals surface area contributed by atoms with Crippen LogP contribution in [-0.2, 0) is 19.6 Å². The third kappa shape index (κ3) is 7.72. The van der Waals surface area contributed by atoms with Crippen LogP contribution in [0.3, 0.4) is 0 Å². The lowest BCUT2D eigenvalue weighted by Crippen LogP contribution is -2.45. The Morgan fingerprint density at radius 3 is 2.20 bits per heavy atom. The summed E-state index contributed by atoms with van der Waals surface area (Å²) in [6, 6.07) is 13.5. The van der Waals surface area contributed by atoms with Gasteiger partial charge in [0.2, 0.25) is 15.9 Å². The first-order chi connectivity index (χ1) is 14.3. The summed E-state index contributed by atoms with van der Waals surface area (Å²) < 4.78 is 32.1. The van der Waals surface area contributed by atoms with Crippen LogP contribution in [0.2, 0.25) is 0 Å². The minimum atomic E-state index is -3.74. The van der Waals surface area contributed by atoms with E-state index in [2.05, 4.69) is 20.9 Å². The fourth-order valence-corrected chi connectivity index (χ4v) is 3.40. The summed E-state index contributed by atoms with van der Waals surface area (Å²) in [5.74, 6) is -0.379. The highest BCUT2D eigenvalue weighted by atomic mass is 32.2. The van der Waals surface area contributed by atoms with E-state index in [4.69, 9.17) is 4.74 Å². The number of benzene rings is 2. The van der Waals surface area contributed by atoms with E-state index in [0.29, 0.717) is 12.4 Å². The number of hydrazine groups is 1. The Labute approximate surface area is 176 Å². The molecule has 0 saturated heterocycles. The van der Waals surface area contributed by atoms with Gasteiger partial charge in [-0.05, 0) is 50.2 Å². The second-order valence-electron chi connectivity index (χ2n) is 6.37. The maximum atomic E-state index is 12.2. The minimum Gasteiger partial charge on any atom is -0.494 e. The second kappa shape index (κ2) is 11.2. The Morgan fingerprint density at radius 2 is 1.57 bits per heavy atom. The van der Waals surface area contributed by atoms with Gasteiger partial charge in [0.1, 0.15) is 5.75 Å². The summed E-state index contributed by atoms with van der Waals surface area (Å²) in [5, 5.41) is 2.92. The molecule has 0 saturated carbocycles. The van der Waals surface area contributed by atoms with E-state index in [-0.39, 0.29) is 24.4 Å². The molecule has 2 aromatic carbocycles. The van der Waals surface area contributed by atoms with Crippen molar-refractivity contribution in [2.75, 3.05) is 25.0 Å². The van der Waals surface area contributed by atoms with Crippen LogP contribution in [0.1, 0.15) is 18.9 Å². The van der Waals surface area contributed by atoms with Crippen LogP contribution in [0.15, 0.2) is 53.4 Å². The molecule has 0 heterocycles. The molecule has 0 fully saturated rings. The topological polar surface area (TPSA) is 126 Å². The lowest BCUT2D eigenvalue weighted by molar-refractivity contribution is -0.127. The standard InChI is InChI=1S/C20H26N4O5S/c1-3-29-17-8-10-18(11-9-17)30(27,28)22-13-12-19(25)23-24-20(26)14-21-16-6-4-15(2)5-7-16/h4-11,21-22H,3,12-14H2,1-2H3,(H,23,25)(H,24,26). The van der Waals surface area contributed by atoms with Crippen LogP contribution in [0.25, 0.3) is 0 Å². The molecule has 0 aliphatic carbocycles. The summed E-state index contributed by atoms with van der Waals surface area (Å²) in [6.07, 6.45) is -0.137. The van der Waals surface area contributed by atoms with Crippen molar-refractivity contribution in [3.05, 3.63) is 54.1 Å². The van der Waals surface area contributed by atoms with E-state index in [9.17, 15) is 18.0 Å². The molecule has 0 bridgehead atoms. The van der Waals surface area contributed by atoms with Crippen LogP contribution in [0.4, 0.5) is 5.69 Å². The Kier molecular flexibility index (Phi) is 8.63. The number of anilines is 1. The normalized spacial score (nSPS) is 10.9. The van der Waals surface area contributed by atoms with E-state index in [1.165, 1.54) is 12.1 Å². The predicted molar refractivity (Wildman–Crippen MR) is 113 cm³/mol. The zero-order valence-corrected chi connectivity index (χ0v) is 17.7. The first kappa shape index (κ1) is 23.2. The van der Waals surface area contributed by atoms with Crippen LogP contribution in [0, 0.1) is 6.92 Å². The van der Waals surface area contributed by atoms with Gasteiger partial charge in [0, 0.05) is 18.7 Å². The average molecular weight is 435 g/mol. The second-order valence-corrected chi connectivity index (χ2v) is 8.14. The van der Waals surface area contributed by atoms with E-state index < -0.39 is 21.8 Å². The van der Waals surface area contributed by atoms with Crippen molar-refractivity contribution in [1.29, 1.82) is 0 Å². The zero-order valence-electron chi connectivity index (χ0n) is 16.9. The number of ether oxygens (including phenoxy) is 1. The Bertz CT molecular complexity index is 944. The van der Waals surface area contributed by atoms with Gasteiger partial charge in [-0.15, -0.1) is 0 Å². The van der Waals surface area contributed by atoms with Gasteiger partial charge in [-0.3, -0.25) is 20.4 Å². The molecule has 4 N–H and O–H groups in total. The number of aryl methyl sites for hydroxylation is 1. The quantitative estimate of drug-likeness (QED) is 0.418. The number of rotatable bonds is 10. The summed E-state index contributed by atoms with van der Waals surface area (Å²) in [5.41, 5.74) is 6.40. The fourth-order valence-electron chi connectivity index (χ4n) is 2.36. The smallest absolute Gasteiger partial charge is 0.257 e. The molecule has 0 radical (unpaired) electrons. The lowest BCUT2D eigenvalue weighted by Gasteiger charge is -2.10. The van der Waals surface area contributed by atoms with E-state index >= 15 is 0 Å². The Balaban J connectivity index is 1.68. The lowest BCUT2D eigenvalue weighted by atomic mass is 10.2. The zero-order chi connectivity index (χ0) is 22.0. The molecular weight excluding hydrogens is 408 g/mol. The van der Waals surface area contributed by atoms with Crippen molar-refractivity contribution in [3.8, 4) is 5.75 Å². The fraction of sp³-hybridized carbons (Fsp3) is 0.300. The van der Waals surface area contributed by atoms with Crippen molar-refractivity contribution in [2.24, 2.45) is 0 Å².